The highest BCUT2D eigenvalue weighted by Gasteiger charge is 2.02. The maximum Gasteiger partial charge on any atom is 0.183 e. The average Bonchev–Trinajstić information content (AvgIpc) is 2.79. The summed E-state index contributed by atoms with van der Waals surface area (Å²) >= 11 is 1.58. The van der Waals surface area contributed by atoms with Crippen LogP contribution in [0.5, 0.6) is 5.75 Å². The van der Waals surface area contributed by atoms with Gasteiger partial charge in [0.25, 0.3) is 0 Å². The Morgan fingerprint density at radius 1 is 1.50 bits per heavy atom. The van der Waals surface area contributed by atoms with Crippen LogP contribution in [0.15, 0.2) is 29.7 Å². The van der Waals surface area contributed by atoms with Crippen molar-refractivity contribution in [2.24, 2.45) is 0 Å². The maximum absolute atomic E-state index is 5.81. The summed E-state index contributed by atoms with van der Waals surface area (Å²) in [5.41, 5.74) is 7.59. The van der Waals surface area contributed by atoms with Crippen molar-refractivity contribution in [3.05, 3.63) is 30.1 Å². The highest BCUT2D eigenvalue weighted by atomic mass is 32.2. The van der Waals surface area contributed by atoms with Gasteiger partial charge in [-0.05, 0) is 17.7 Å². The third-order valence-corrected chi connectivity index (χ3v) is 3.01. The number of ether oxygens (including phenoxy) is 1. The van der Waals surface area contributed by atoms with Crippen LogP contribution in [0.25, 0.3) is 0 Å². The molecule has 2 rings (SSSR count). The minimum absolute atomic E-state index is 0.651. The molecule has 0 atom stereocenters. The first-order valence-electron chi connectivity index (χ1n) is 4.70. The van der Waals surface area contributed by atoms with E-state index in [0.29, 0.717) is 11.4 Å². The predicted octanol–water partition coefficient (Wildman–Crippen LogP) is 1.69. The zero-order valence-corrected chi connectivity index (χ0v) is 9.62. The molecule has 0 radical (unpaired) electrons. The highest BCUT2D eigenvalue weighted by Crippen LogP contribution is 2.25. The smallest absolute Gasteiger partial charge is 0.183 e. The van der Waals surface area contributed by atoms with Gasteiger partial charge in [-0.25, -0.2) is 4.98 Å². The molecule has 0 saturated heterocycles. The lowest BCUT2D eigenvalue weighted by Crippen LogP contribution is -1.93. The van der Waals surface area contributed by atoms with E-state index in [0.717, 1.165) is 16.5 Å². The van der Waals surface area contributed by atoms with Crippen molar-refractivity contribution in [2.75, 3.05) is 12.8 Å². The topological polar surface area (TPSA) is 76.8 Å². The van der Waals surface area contributed by atoms with Gasteiger partial charge >= 0.3 is 0 Å². The summed E-state index contributed by atoms with van der Waals surface area (Å²) in [6, 6.07) is 5.76. The number of nitrogens with one attached hydrogen (secondary N) is 1. The lowest BCUT2D eigenvalue weighted by atomic mass is 10.2. The second-order valence-corrected chi connectivity index (χ2v) is 4.12. The monoisotopic (exact) mass is 236 g/mol. The van der Waals surface area contributed by atoms with Crippen molar-refractivity contribution in [1.82, 2.24) is 15.2 Å². The number of hydrogen-bond acceptors (Lipinski definition) is 5. The van der Waals surface area contributed by atoms with Crippen LogP contribution in [0.4, 0.5) is 5.69 Å². The van der Waals surface area contributed by atoms with Gasteiger partial charge in [-0.1, -0.05) is 17.8 Å². The van der Waals surface area contributed by atoms with Crippen LogP contribution >= 0.6 is 11.8 Å². The molecule has 0 aliphatic heterocycles. The van der Waals surface area contributed by atoms with Crippen LogP contribution in [0.1, 0.15) is 5.56 Å². The van der Waals surface area contributed by atoms with E-state index in [9.17, 15) is 0 Å². The Labute approximate surface area is 97.4 Å². The number of thioether (sulfide) groups is 1. The number of benzene rings is 1. The summed E-state index contributed by atoms with van der Waals surface area (Å²) in [6.07, 6.45) is 1.49. The SMILES string of the molecule is COc1ccc(CSc2ncn[nH]2)cc1N. The van der Waals surface area contributed by atoms with Gasteiger partial charge in [-0.2, -0.15) is 5.10 Å². The van der Waals surface area contributed by atoms with Crippen LogP contribution in [-0.4, -0.2) is 22.3 Å². The Hall–Kier alpha value is -1.69. The zero-order chi connectivity index (χ0) is 11.4. The third kappa shape index (κ3) is 2.46. The number of anilines is 1. The fourth-order valence-corrected chi connectivity index (χ4v) is 2.01. The van der Waals surface area contributed by atoms with E-state index >= 15 is 0 Å². The number of nitrogens with two attached hydrogens (primary N) is 1. The Kier molecular flexibility index (Phi) is 3.31. The molecule has 0 amide bonds. The number of nitrogens with zero attached hydrogens (tertiary/aromatic N) is 2. The molecule has 0 aliphatic carbocycles. The van der Waals surface area contributed by atoms with Gasteiger partial charge in [0.1, 0.15) is 12.1 Å². The summed E-state index contributed by atoms with van der Waals surface area (Å²) in [6.45, 7) is 0. The van der Waals surface area contributed by atoms with E-state index in [-0.39, 0.29) is 0 Å². The van der Waals surface area contributed by atoms with E-state index in [1.54, 1.807) is 18.9 Å². The Bertz CT molecular complexity index is 458. The number of aromatic nitrogens is 3. The van der Waals surface area contributed by atoms with Crippen LogP contribution in [-0.2, 0) is 5.75 Å². The molecule has 0 fully saturated rings. The number of methoxy groups -OCH3 is 1. The standard InChI is InChI=1S/C10H12N4OS/c1-15-9-3-2-7(4-8(9)11)5-16-10-12-6-13-14-10/h2-4,6H,5,11H2,1H3,(H,12,13,14). The fraction of sp³-hybridized carbons (Fsp3) is 0.200. The Morgan fingerprint density at radius 3 is 3.00 bits per heavy atom. The number of nitrogen functional groups attached to an aromatic ring is 1. The molecule has 0 unspecified atom stereocenters. The summed E-state index contributed by atoms with van der Waals surface area (Å²) in [4.78, 5) is 4.03. The second-order valence-electron chi connectivity index (χ2n) is 3.16. The molecule has 5 nitrogen and oxygen atoms in total. The summed E-state index contributed by atoms with van der Waals surface area (Å²) in [7, 11) is 1.61. The van der Waals surface area contributed by atoms with Gasteiger partial charge in [0.15, 0.2) is 5.16 Å². The Morgan fingerprint density at radius 2 is 2.38 bits per heavy atom. The van der Waals surface area contributed by atoms with Crippen LogP contribution in [0.3, 0.4) is 0 Å². The minimum Gasteiger partial charge on any atom is -0.495 e. The molecule has 0 spiro atoms. The molecular weight excluding hydrogens is 224 g/mol. The molecule has 1 aromatic carbocycles. The maximum atomic E-state index is 5.81. The number of aromatic amines is 1. The molecule has 0 saturated carbocycles. The van der Waals surface area contributed by atoms with Gasteiger partial charge in [-0.3, -0.25) is 5.10 Å². The molecule has 2 aromatic rings. The highest BCUT2D eigenvalue weighted by molar-refractivity contribution is 7.98. The number of hydrogen-bond donors (Lipinski definition) is 2. The van der Waals surface area contributed by atoms with Crippen molar-refractivity contribution < 1.29 is 4.74 Å². The second kappa shape index (κ2) is 4.89. The summed E-state index contributed by atoms with van der Waals surface area (Å²) in [5, 5.41) is 7.37. The lowest BCUT2D eigenvalue weighted by molar-refractivity contribution is 0.417. The van der Waals surface area contributed by atoms with Gasteiger partial charge in [0, 0.05) is 5.75 Å². The Balaban J connectivity index is 2.02. The first-order chi connectivity index (χ1) is 7.79. The van der Waals surface area contributed by atoms with Crippen molar-refractivity contribution in [3.63, 3.8) is 0 Å². The van der Waals surface area contributed by atoms with Crippen molar-refractivity contribution in [3.8, 4) is 5.75 Å². The van der Waals surface area contributed by atoms with Crippen LogP contribution < -0.4 is 10.5 Å². The summed E-state index contributed by atoms with van der Waals surface area (Å²) < 4.78 is 5.09. The molecule has 16 heavy (non-hydrogen) atoms. The fourth-order valence-electron chi connectivity index (χ4n) is 1.29. The number of H-pyrrole nitrogens is 1. The largest absolute Gasteiger partial charge is 0.495 e. The van der Waals surface area contributed by atoms with E-state index in [1.165, 1.54) is 6.33 Å². The predicted molar refractivity (Wildman–Crippen MR) is 63.4 cm³/mol. The molecule has 0 aliphatic rings. The van der Waals surface area contributed by atoms with Crippen LogP contribution in [0.2, 0.25) is 0 Å². The van der Waals surface area contributed by atoms with Gasteiger partial charge in [-0.15, -0.1) is 0 Å². The summed E-state index contributed by atoms with van der Waals surface area (Å²) in [5.74, 6) is 1.50. The van der Waals surface area contributed by atoms with E-state index < -0.39 is 0 Å². The van der Waals surface area contributed by atoms with Gasteiger partial charge < -0.3 is 10.5 Å². The van der Waals surface area contributed by atoms with Crippen LogP contribution in [0, 0.1) is 0 Å². The molecule has 3 N–H and O–H groups in total. The van der Waals surface area contributed by atoms with Crippen molar-refractivity contribution >= 4 is 17.4 Å². The normalized spacial score (nSPS) is 10.3. The third-order valence-electron chi connectivity index (χ3n) is 2.06. The first-order valence-corrected chi connectivity index (χ1v) is 5.68. The minimum atomic E-state index is 0.651. The lowest BCUT2D eigenvalue weighted by Gasteiger charge is -2.06. The zero-order valence-electron chi connectivity index (χ0n) is 8.80. The molecule has 6 heteroatoms. The van der Waals surface area contributed by atoms with E-state index in [2.05, 4.69) is 15.2 Å². The van der Waals surface area contributed by atoms with Gasteiger partial charge in [0.2, 0.25) is 0 Å². The van der Waals surface area contributed by atoms with Gasteiger partial charge in [0.05, 0.1) is 12.8 Å². The molecule has 84 valence electrons. The van der Waals surface area contributed by atoms with Crippen molar-refractivity contribution in [2.45, 2.75) is 10.9 Å². The first kappa shape index (κ1) is 10.8. The van der Waals surface area contributed by atoms with E-state index in [4.69, 9.17) is 10.5 Å². The van der Waals surface area contributed by atoms with Crippen molar-refractivity contribution in [1.29, 1.82) is 0 Å². The average molecular weight is 236 g/mol. The molecule has 1 heterocycles. The molecule has 1 aromatic heterocycles. The quantitative estimate of drug-likeness (QED) is 0.624. The molecule has 0 bridgehead atoms. The number of rotatable bonds is 4. The molecular formula is C10H12N4OS. The van der Waals surface area contributed by atoms with E-state index in [1.807, 2.05) is 18.2 Å².